The van der Waals surface area contributed by atoms with Crippen LogP contribution in [-0.2, 0) is 9.53 Å². The van der Waals surface area contributed by atoms with Gasteiger partial charge in [-0.15, -0.1) is 0 Å². The van der Waals surface area contributed by atoms with Crippen LogP contribution in [0.2, 0.25) is 0 Å². The van der Waals surface area contributed by atoms with E-state index in [2.05, 4.69) is 21.9 Å². The number of hydrogen-bond donors (Lipinski definition) is 1. The summed E-state index contributed by atoms with van der Waals surface area (Å²) < 4.78 is 4.67. The standard InChI is InChI=1S/C16H22N2O3/c1-12-6-8-18(9-7-12)11-15(19)17-14-5-3-4-13(10-14)16(20)21-2/h3-5,10,12H,6-9,11H2,1-2H3,(H,17,19). The zero-order valence-corrected chi connectivity index (χ0v) is 12.6. The molecule has 0 aliphatic carbocycles. The Labute approximate surface area is 125 Å². The van der Waals surface area contributed by atoms with Crippen molar-refractivity contribution >= 4 is 17.6 Å². The summed E-state index contributed by atoms with van der Waals surface area (Å²) in [6.07, 6.45) is 2.29. The van der Waals surface area contributed by atoms with E-state index >= 15 is 0 Å². The van der Waals surface area contributed by atoms with Crippen LogP contribution in [0.5, 0.6) is 0 Å². The minimum absolute atomic E-state index is 0.0495. The molecule has 0 unspecified atom stereocenters. The van der Waals surface area contributed by atoms with Gasteiger partial charge in [-0.3, -0.25) is 9.69 Å². The highest BCUT2D eigenvalue weighted by Crippen LogP contribution is 2.16. The van der Waals surface area contributed by atoms with Crippen LogP contribution >= 0.6 is 0 Å². The van der Waals surface area contributed by atoms with Crippen molar-refractivity contribution in [2.45, 2.75) is 19.8 Å². The fourth-order valence-corrected chi connectivity index (χ4v) is 2.47. The summed E-state index contributed by atoms with van der Waals surface area (Å²) in [4.78, 5) is 25.7. The largest absolute Gasteiger partial charge is 0.465 e. The summed E-state index contributed by atoms with van der Waals surface area (Å²) in [5.74, 6) is 0.295. The third kappa shape index (κ3) is 4.56. The van der Waals surface area contributed by atoms with Gasteiger partial charge in [0.25, 0.3) is 0 Å². The Morgan fingerprint density at radius 1 is 1.33 bits per heavy atom. The van der Waals surface area contributed by atoms with Crippen LogP contribution in [0.15, 0.2) is 24.3 Å². The highest BCUT2D eigenvalue weighted by atomic mass is 16.5. The molecule has 5 nitrogen and oxygen atoms in total. The van der Waals surface area contributed by atoms with Gasteiger partial charge >= 0.3 is 5.97 Å². The number of nitrogens with one attached hydrogen (secondary N) is 1. The molecule has 0 atom stereocenters. The number of anilines is 1. The summed E-state index contributed by atoms with van der Waals surface area (Å²) in [7, 11) is 1.34. The van der Waals surface area contributed by atoms with Crippen molar-refractivity contribution in [3.05, 3.63) is 29.8 Å². The monoisotopic (exact) mass is 290 g/mol. The third-order valence-corrected chi connectivity index (χ3v) is 3.81. The number of benzene rings is 1. The number of esters is 1. The molecule has 0 radical (unpaired) electrons. The molecule has 0 spiro atoms. The number of likely N-dealkylation sites (tertiary alicyclic amines) is 1. The van der Waals surface area contributed by atoms with Crippen molar-refractivity contribution in [3.63, 3.8) is 0 Å². The SMILES string of the molecule is COC(=O)c1cccc(NC(=O)CN2CCC(C)CC2)c1. The van der Waals surface area contributed by atoms with Crippen LogP contribution in [0.4, 0.5) is 5.69 Å². The fraction of sp³-hybridized carbons (Fsp3) is 0.500. The van der Waals surface area contributed by atoms with Gasteiger partial charge in [-0.25, -0.2) is 4.79 Å². The molecular weight excluding hydrogens is 268 g/mol. The first kappa shape index (κ1) is 15.5. The van der Waals surface area contributed by atoms with E-state index in [0.29, 0.717) is 17.8 Å². The second kappa shape index (κ2) is 7.22. The van der Waals surface area contributed by atoms with Gasteiger partial charge in [0.15, 0.2) is 0 Å². The van der Waals surface area contributed by atoms with Gasteiger partial charge in [-0.2, -0.15) is 0 Å². The topological polar surface area (TPSA) is 58.6 Å². The first-order chi connectivity index (χ1) is 10.1. The van der Waals surface area contributed by atoms with E-state index in [-0.39, 0.29) is 5.91 Å². The number of methoxy groups -OCH3 is 1. The molecule has 1 amide bonds. The molecule has 2 rings (SSSR count). The fourth-order valence-electron chi connectivity index (χ4n) is 2.47. The summed E-state index contributed by atoms with van der Waals surface area (Å²) in [6, 6.07) is 6.78. The Bertz CT molecular complexity index is 508. The van der Waals surface area contributed by atoms with E-state index in [1.54, 1.807) is 24.3 Å². The average Bonchev–Trinajstić information content (AvgIpc) is 2.49. The van der Waals surface area contributed by atoms with Crippen molar-refractivity contribution in [2.24, 2.45) is 5.92 Å². The van der Waals surface area contributed by atoms with Crippen LogP contribution < -0.4 is 5.32 Å². The summed E-state index contributed by atoms with van der Waals surface area (Å²) in [5, 5.41) is 2.83. The van der Waals surface area contributed by atoms with E-state index in [1.165, 1.54) is 7.11 Å². The highest BCUT2D eigenvalue weighted by Gasteiger charge is 2.18. The van der Waals surface area contributed by atoms with E-state index in [1.807, 2.05) is 0 Å². The molecule has 1 aromatic carbocycles. The number of hydrogen-bond acceptors (Lipinski definition) is 4. The lowest BCUT2D eigenvalue weighted by Gasteiger charge is -2.29. The zero-order valence-electron chi connectivity index (χ0n) is 12.6. The predicted octanol–water partition coefficient (Wildman–Crippen LogP) is 2.14. The van der Waals surface area contributed by atoms with Gasteiger partial charge in [0.05, 0.1) is 19.2 Å². The second-order valence-corrected chi connectivity index (χ2v) is 5.58. The van der Waals surface area contributed by atoms with Crippen molar-refractivity contribution in [3.8, 4) is 0 Å². The number of carbonyl (C=O) groups excluding carboxylic acids is 2. The molecule has 5 heteroatoms. The Morgan fingerprint density at radius 3 is 2.71 bits per heavy atom. The molecule has 21 heavy (non-hydrogen) atoms. The molecule has 114 valence electrons. The maximum absolute atomic E-state index is 12.0. The Balaban J connectivity index is 1.89. The van der Waals surface area contributed by atoms with Crippen LogP contribution in [-0.4, -0.2) is 43.5 Å². The molecule has 1 aliphatic rings. The molecule has 1 fully saturated rings. The number of rotatable bonds is 4. The summed E-state index contributed by atoms with van der Waals surface area (Å²) in [6.45, 7) is 4.58. The Morgan fingerprint density at radius 2 is 2.05 bits per heavy atom. The lowest BCUT2D eigenvalue weighted by atomic mass is 9.99. The molecule has 0 aromatic heterocycles. The maximum Gasteiger partial charge on any atom is 0.337 e. The minimum atomic E-state index is -0.406. The normalized spacial score (nSPS) is 16.5. The van der Waals surface area contributed by atoms with Crippen LogP contribution in [0, 0.1) is 5.92 Å². The quantitative estimate of drug-likeness (QED) is 0.863. The lowest BCUT2D eigenvalue weighted by Crippen LogP contribution is -2.38. The summed E-state index contributed by atoms with van der Waals surface area (Å²) >= 11 is 0. The highest BCUT2D eigenvalue weighted by molar-refractivity contribution is 5.95. The second-order valence-electron chi connectivity index (χ2n) is 5.58. The number of ether oxygens (including phenoxy) is 1. The van der Waals surface area contributed by atoms with Crippen molar-refractivity contribution < 1.29 is 14.3 Å². The summed E-state index contributed by atoms with van der Waals surface area (Å²) in [5.41, 5.74) is 1.05. The molecule has 1 heterocycles. The van der Waals surface area contributed by atoms with E-state index in [4.69, 9.17) is 0 Å². The van der Waals surface area contributed by atoms with Crippen molar-refractivity contribution in [1.29, 1.82) is 0 Å². The molecule has 1 N–H and O–H groups in total. The van der Waals surface area contributed by atoms with E-state index < -0.39 is 5.97 Å². The van der Waals surface area contributed by atoms with Crippen LogP contribution in [0.25, 0.3) is 0 Å². The number of piperidine rings is 1. The third-order valence-electron chi connectivity index (χ3n) is 3.81. The van der Waals surface area contributed by atoms with Gasteiger partial charge < -0.3 is 10.1 Å². The number of amides is 1. The number of nitrogens with zero attached hydrogens (tertiary/aromatic N) is 1. The van der Waals surface area contributed by atoms with Gasteiger partial charge in [-0.1, -0.05) is 13.0 Å². The minimum Gasteiger partial charge on any atom is -0.465 e. The van der Waals surface area contributed by atoms with E-state index in [9.17, 15) is 9.59 Å². The maximum atomic E-state index is 12.0. The molecule has 1 aromatic rings. The van der Waals surface area contributed by atoms with Crippen molar-refractivity contribution in [2.75, 3.05) is 32.1 Å². The first-order valence-corrected chi connectivity index (χ1v) is 7.29. The first-order valence-electron chi connectivity index (χ1n) is 7.29. The van der Waals surface area contributed by atoms with Gasteiger partial charge in [-0.05, 0) is 50.0 Å². The average molecular weight is 290 g/mol. The molecule has 1 aliphatic heterocycles. The molecule has 1 saturated heterocycles. The Hall–Kier alpha value is -1.88. The lowest BCUT2D eigenvalue weighted by molar-refractivity contribution is -0.117. The molecule has 0 bridgehead atoms. The van der Waals surface area contributed by atoms with Crippen molar-refractivity contribution in [1.82, 2.24) is 4.90 Å². The smallest absolute Gasteiger partial charge is 0.337 e. The van der Waals surface area contributed by atoms with Gasteiger partial charge in [0.1, 0.15) is 0 Å². The number of carbonyl (C=O) groups is 2. The predicted molar refractivity (Wildman–Crippen MR) is 81.2 cm³/mol. The van der Waals surface area contributed by atoms with E-state index in [0.717, 1.165) is 31.8 Å². The molecular formula is C16H22N2O3. The van der Waals surface area contributed by atoms with Gasteiger partial charge in [0, 0.05) is 5.69 Å². The molecule has 0 saturated carbocycles. The van der Waals surface area contributed by atoms with Crippen LogP contribution in [0.1, 0.15) is 30.1 Å². The Kier molecular flexibility index (Phi) is 5.33. The van der Waals surface area contributed by atoms with Gasteiger partial charge in [0.2, 0.25) is 5.91 Å². The zero-order chi connectivity index (χ0) is 15.2. The van der Waals surface area contributed by atoms with Crippen LogP contribution in [0.3, 0.4) is 0 Å².